The molecule has 8 heteroatoms. The van der Waals surface area contributed by atoms with Crippen molar-refractivity contribution >= 4 is 23.3 Å². The maximum absolute atomic E-state index is 12.1. The number of urea groups is 1. The third kappa shape index (κ3) is 2.59. The van der Waals surface area contributed by atoms with Gasteiger partial charge in [-0.15, -0.1) is 0 Å². The first-order chi connectivity index (χ1) is 9.54. The molecule has 1 aliphatic rings. The lowest BCUT2D eigenvalue weighted by molar-refractivity contribution is -0.384. The maximum Gasteiger partial charge on any atom is 0.329 e. The summed E-state index contributed by atoms with van der Waals surface area (Å²) >= 11 is 0. The molecule has 1 aliphatic heterocycles. The van der Waals surface area contributed by atoms with Crippen LogP contribution >= 0.6 is 0 Å². The highest BCUT2D eigenvalue weighted by Crippen LogP contribution is 2.24. The number of nitro groups is 1. The molecule has 1 aromatic rings. The van der Waals surface area contributed by atoms with Crippen LogP contribution in [0.5, 0.6) is 0 Å². The molecule has 1 N–H and O–H groups in total. The SMILES string of the molecule is COCCC1NC(=O)N(c2cccc([N+](=O)[O-])c2)C1=O. The van der Waals surface area contributed by atoms with Gasteiger partial charge in [0.15, 0.2) is 0 Å². The lowest BCUT2D eigenvalue weighted by Gasteiger charge is -2.12. The van der Waals surface area contributed by atoms with E-state index >= 15 is 0 Å². The molecule has 1 heterocycles. The Hall–Kier alpha value is -2.48. The summed E-state index contributed by atoms with van der Waals surface area (Å²) in [5.41, 5.74) is 0.00468. The van der Waals surface area contributed by atoms with E-state index in [2.05, 4.69) is 5.32 Å². The van der Waals surface area contributed by atoms with Crippen molar-refractivity contribution in [1.29, 1.82) is 0 Å². The van der Waals surface area contributed by atoms with Crippen LogP contribution in [0.3, 0.4) is 0 Å². The number of non-ortho nitro benzene ring substituents is 1. The first kappa shape index (κ1) is 13.9. The number of nitro benzene ring substituents is 1. The van der Waals surface area contributed by atoms with Gasteiger partial charge in [-0.25, -0.2) is 9.69 Å². The number of carbonyl (C=O) groups is 2. The molecule has 1 atom stereocenters. The Kier molecular flexibility index (Phi) is 3.94. The predicted octanol–water partition coefficient (Wildman–Crippen LogP) is 1.06. The molecule has 8 nitrogen and oxygen atoms in total. The van der Waals surface area contributed by atoms with Crippen molar-refractivity contribution in [2.45, 2.75) is 12.5 Å². The van der Waals surface area contributed by atoms with E-state index in [0.717, 1.165) is 4.90 Å². The minimum atomic E-state index is -0.665. The largest absolute Gasteiger partial charge is 0.385 e. The second-order valence-corrected chi connectivity index (χ2v) is 4.23. The van der Waals surface area contributed by atoms with E-state index in [1.54, 1.807) is 0 Å². The molecular weight excluding hydrogens is 266 g/mol. The van der Waals surface area contributed by atoms with Gasteiger partial charge in [0.1, 0.15) is 6.04 Å². The average Bonchev–Trinajstić information content (AvgIpc) is 2.71. The van der Waals surface area contributed by atoms with E-state index in [1.165, 1.54) is 31.4 Å². The van der Waals surface area contributed by atoms with Crippen LogP contribution in [0.15, 0.2) is 24.3 Å². The number of carbonyl (C=O) groups excluding carboxylic acids is 2. The quantitative estimate of drug-likeness (QED) is 0.493. The van der Waals surface area contributed by atoms with E-state index in [1.807, 2.05) is 0 Å². The summed E-state index contributed by atoms with van der Waals surface area (Å²) in [6, 6.07) is 4.14. The van der Waals surface area contributed by atoms with Gasteiger partial charge in [-0.3, -0.25) is 14.9 Å². The van der Waals surface area contributed by atoms with Crippen molar-refractivity contribution < 1.29 is 19.2 Å². The minimum Gasteiger partial charge on any atom is -0.385 e. The third-order valence-electron chi connectivity index (χ3n) is 2.93. The maximum atomic E-state index is 12.1. The second kappa shape index (κ2) is 5.66. The lowest BCUT2D eigenvalue weighted by Crippen LogP contribution is -2.31. The molecule has 2 rings (SSSR count). The van der Waals surface area contributed by atoms with Crippen molar-refractivity contribution in [3.63, 3.8) is 0 Å². The molecule has 0 aromatic heterocycles. The van der Waals surface area contributed by atoms with Crippen LogP contribution in [0.2, 0.25) is 0 Å². The summed E-state index contributed by atoms with van der Waals surface area (Å²) in [7, 11) is 1.50. The fraction of sp³-hybridized carbons (Fsp3) is 0.333. The summed E-state index contributed by atoms with van der Waals surface area (Å²) in [6.45, 7) is 0.333. The van der Waals surface area contributed by atoms with Gasteiger partial charge in [0, 0.05) is 32.3 Å². The normalized spacial score (nSPS) is 18.2. The minimum absolute atomic E-state index is 0.177. The molecular formula is C12H13N3O5. The number of hydrogen-bond donors (Lipinski definition) is 1. The Morgan fingerprint density at radius 3 is 2.85 bits per heavy atom. The molecule has 0 spiro atoms. The van der Waals surface area contributed by atoms with Gasteiger partial charge >= 0.3 is 6.03 Å². The highest BCUT2D eigenvalue weighted by Gasteiger charge is 2.39. The number of rotatable bonds is 5. The lowest BCUT2D eigenvalue weighted by atomic mass is 10.2. The number of nitrogens with zero attached hydrogens (tertiary/aromatic N) is 2. The van der Waals surface area contributed by atoms with Crippen LogP contribution in [0.1, 0.15) is 6.42 Å². The molecule has 106 valence electrons. The monoisotopic (exact) mass is 279 g/mol. The molecule has 1 unspecified atom stereocenters. The summed E-state index contributed by atoms with van der Waals surface area (Å²) < 4.78 is 4.87. The number of amides is 3. The smallest absolute Gasteiger partial charge is 0.329 e. The van der Waals surface area contributed by atoms with Crippen molar-refractivity contribution in [3.8, 4) is 0 Å². The number of benzene rings is 1. The molecule has 20 heavy (non-hydrogen) atoms. The summed E-state index contributed by atoms with van der Waals surface area (Å²) in [4.78, 5) is 35.0. The van der Waals surface area contributed by atoms with Gasteiger partial charge in [-0.2, -0.15) is 0 Å². The summed E-state index contributed by atoms with van der Waals surface area (Å²) in [6.07, 6.45) is 0.354. The Bertz CT molecular complexity index is 560. The summed E-state index contributed by atoms with van der Waals surface area (Å²) in [5.74, 6) is -0.437. The van der Waals surface area contributed by atoms with Crippen molar-refractivity contribution in [3.05, 3.63) is 34.4 Å². The van der Waals surface area contributed by atoms with Crippen LogP contribution in [-0.4, -0.2) is 36.6 Å². The molecule has 1 aromatic carbocycles. The first-order valence-electron chi connectivity index (χ1n) is 5.92. The fourth-order valence-electron chi connectivity index (χ4n) is 1.95. The van der Waals surface area contributed by atoms with E-state index < -0.39 is 22.9 Å². The number of anilines is 1. The van der Waals surface area contributed by atoms with Crippen molar-refractivity contribution in [2.75, 3.05) is 18.6 Å². The summed E-state index contributed by atoms with van der Waals surface area (Å²) in [5, 5.41) is 13.2. The number of imide groups is 1. The van der Waals surface area contributed by atoms with Gasteiger partial charge in [-0.05, 0) is 6.07 Å². The number of hydrogen-bond acceptors (Lipinski definition) is 5. The third-order valence-corrected chi connectivity index (χ3v) is 2.93. The zero-order valence-corrected chi connectivity index (χ0v) is 10.7. The van der Waals surface area contributed by atoms with E-state index in [-0.39, 0.29) is 11.4 Å². The van der Waals surface area contributed by atoms with Crippen LogP contribution in [0.4, 0.5) is 16.2 Å². The van der Waals surface area contributed by atoms with Crippen molar-refractivity contribution in [1.82, 2.24) is 5.32 Å². The highest BCUT2D eigenvalue weighted by molar-refractivity contribution is 6.21. The van der Waals surface area contributed by atoms with E-state index in [9.17, 15) is 19.7 Å². The molecule has 0 saturated carbocycles. The van der Waals surface area contributed by atoms with Gasteiger partial charge in [0.25, 0.3) is 11.6 Å². The standard InChI is InChI=1S/C12H13N3O5/c1-20-6-5-10-11(16)14(12(17)13-10)8-3-2-4-9(7-8)15(18)19/h2-4,7,10H,5-6H2,1H3,(H,13,17). The van der Waals surface area contributed by atoms with E-state index in [4.69, 9.17) is 4.74 Å². The van der Waals surface area contributed by atoms with Crippen LogP contribution in [-0.2, 0) is 9.53 Å². The zero-order valence-electron chi connectivity index (χ0n) is 10.7. The second-order valence-electron chi connectivity index (χ2n) is 4.23. The highest BCUT2D eigenvalue weighted by atomic mass is 16.6. The van der Waals surface area contributed by atoms with Gasteiger partial charge < -0.3 is 10.1 Å². The van der Waals surface area contributed by atoms with Crippen LogP contribution < -0.4 is 10.2 Å². The Labute approximate surface area is 114 Å². The average molecular weight is 279 g/mol. The van der Waals surface area contributed by atoms with Crippen LogP contribution in [0, 0.1) is 10.1 Å². The molecule has 3 amide bonds. The Morgan fingerprint density at radius 1 is 1.45 bits per heavy atom. The molecule has 1 saturated heterocycles. The van der Waals surface area contributed by atoms with Gasteiger partial charge in [0.05, 0.1) is 10.6 Å². The molecule has 1 fully saturated rings. The number of methoxy groups -OCH3 is 1. The van der Waals surface area contributed by atoms with Crippen LogP contribution in [0.25, 0.3) is 0 Å². The topological polar surface area (TPSA) is 102 Å². The molecule has 0 aliphatic carbocycles. The predicted molar refractivity (Wildman–Crippen MR) is 69.4 cm³/mol. The number of ether oxygens (including phenoxy) is 1. The van der Waals surface area contributed by atoms with Crippen molar-refractivity contribution in [2.24, 2.45) is 0 Å². The molecule has 0 bridgehead atoms. The molecule has 0 radical (unpaired) electrons. The Morgan fingerprint density at radius 2 is 2.20 bits per heavy atom. The number of nitrogens with one attached hydrogen (secondary N) is 1. The van der Waals surface area contributed by atoms with Gasteiger partial charge in [0.2, 0.25) is 0 Å². The van der Waals surface area contributed by atoms with Gasteiger partial charge in [-0.1, -0.05) is 6.07 Å². The Balaban J connectivity index is 2.24. The zero-order chi connectivity index (χ0) is 14.7. The fourth-order valence-corrected chi connectivity index (χ4v) is 1.95. The first-order valence-corrected chi connectivity index (χ1v) is 5.92. The van der Waals surface area contributed by atoms with E-state index in [0.29, 0.717) is 13.0 Å².